The van der Waals surface area contributed by atoms with Gasteiger partial charge in [0.25, 0.3) is 0 Å². The van der Waals surface area contributed by atoms with Crippen molar-refractivity contribution in [2.24, 2.45) is 17.8 Å². The van der Waals surface area contributed by atoms with Gasteiger partial charge in [-0.25, -0.2) is 4.79 Å². The van der Waals surface area contributed by atoms with E-state index in [1.165, 1.54) is 0 Å². The molecule has 1 saturated carbocycles. The molecule has 184 valence electrons. The Morgan fingerprint density at radius 1 is 1.00 bits per heavy atom. The summed E-state index contributed by atoms with van der Waals surface area (Å²) < 4.78 is 5.72. The van der Waals surface area contributed by atoms with Crippen LogP contribution in [0.2, 0.25) is 0 Å². The highest BCUT2D eigenvalue weighted by atomic mass is 16.5. The maximum Gasteiger partial charge on any atom is 0.408 e. The van der Waals surface area contributed by atoms with Crippen molar-refractivity contribution in [2.75, 3.05) is 19.7 Å². The van der Waals surface area contributed by atoms with Gasteiger partial charge in [0.1, 0.15) is 12.1 Å². The topological polar surface area (TPSA) is 95.9 Å². The number of rotatable bonds is 7. The second kappa shape index (κ2) is 9.02. The molecule has 0 bridgehead atoms. The lowest BCUT2D eigenvalue weighted by Crippen LogP contribution is -2.60. The van der Waals surface area contributed by atoms with E-state index in [0.29, 0.717) is 32.4 Å². The summed E-state index contributed by atoms with van der Waals surface area (Å²) >= 11 is 0. The van der Waals surface area contributed by atoms with Crippen LogP contribution in [0.4, 0.5) is 4.79 Å². The van der Waals surface area contributed by atoms with E-state index in [2.05, 4.69) is 29.6 Å². The summed E-state index contributed by atoms with van der Waals surface area (Å²) in [5.74, 6) is -1.13. The number of hydrogen-bond acceptors (Lipinski definition) is 4. The number of carbonyl (C=O) groups excluding carboxylic acids is 2. The summed E-state index contributed by atoms with van der Waals surface area (Å²) in [5.41, 5.74) is 3.52. The first-order chi connectivity index (χ1) is 16.9. The SMILES string of the molecule is CCC(CC)(NC(=O)OCC1c2ccccc2-c2ccccc21)C(=O)N1CC[C@@H]2C(C(=O)O)[C@@H]2C1. The van der Waals surface area contributed by atoms with E-state index in [-0.39, 0.29) is 36.2 Å². The zero-order valence-electron chi connectivity index (χ0n) is 20.2. The van der Waals surface area contributed by atoms with E-state index in [1.54, 1.807) is 4.90 Å². The zero-order chi connectivity index (χ0) is 24.7. The molecule has 2 N–H and O–H groups in total. The Morgan fingerprint density at radius 3 is 2.17 bits per heavy atom. The normalized spacial score (nSPS) is 22.6. The number of carboxylic acids is 1. The van der Waals surface area contributed by atoms with Gasteiger partial charge < -0.3 is 20.1 Å². The fourth-order valence-corrected chi connectivity index (χ4v) is 6.20. The van der Waals surface area contributed by atoms with Crippen molar-refractivity contribution in [3.63, 3.8) is 0 Å². The van der Waals surface area contributed by atoms with Gasteiger partial charge >= 0.3 is 12.1 Å². The summed E-state index contributed by atoms with van der Waals surface area (Å²) in [5, 5.41) is 12.3. The van der Waals surface area contributed by atoms with Crippen molar-refractivity contribution in [3.05, 3.63) is 59.7 Å². The molecule has 2 aliphatic carbocycles. The lowest BCUT2D eigenvalue weighted by atomic mass is 9.90. The number of amides is 2. The fourth-order valence-electron chi connectivity index (χ4n) is 6.20. The maximum atomic E-state index is 13.6. The predicted octanol–water partition coefficient (Wildman–Crippen LogP) is 4.26. The molecule has 2 aromatic rings. The third-order valence-electron chi connectivity index (χ3n) is 8.37. The van der Waals surface area contributed by atoms with Crippen LogP contribution >= 0.6 is 0 Å². The van der Waals surface area contributed by atoms with Gasteiger partial charge in [0.15, 0.2) is 0 Å². The van der Waals surface area contributed by atoms with Gasteiger partial charge in [-0.15, -0.1) is 0 Å². The molecule has 1 aliphatic heterocycles. The molecule has 1 heterocycles. The highest BCUT2D eigenvalue weighted by Crippen LogP contribution is 2.52. The minimum atomic E-state index is -1.07. The fraction of sp³-hybridized carbons (Fsp3) is 0.464. The minimum Gasteiger partial charge on any atom is -0.481 e. The van der Waals surface area contributed by atoms with Gasteiger partial charge in [-0.2, -0.15) is 0 Å². The molecule has 2 fully saturated rings. The summed E-state index contributed by atoms with van der Waals surface area (Å²) in [6.45, 7) is 4.92. The lowest BCUT2D eigenvalue weighted by Gasteiger charge is -2.38. The minimum absolute atomic E-state index is 0.0195. The number of nitrogens with one attached hydrogen (secondary N) is 1. The van der Waals surface area contributed by atoms with Crippen molar-refractivity contribution in [1.29, 1.82) is 0 Å². The number of hydrogen-bond donors (Lipinski definition) is 2. The van der Waals surface area contributed by atoms with Crippen molar-refractivity contribution in [2.45, 2.75) is 44.6 Å². The van der Waals surface area contributed by atoms with E-state index in [9.17, 15) is 19.5 Å². The van der Waals surface area contributed by atoms with E-state index >= 15 is 0 Å². The Bertz CT molecular complexity index is 1110. The average Bonchev–Trinajstić information content (AvgIpc) is 3.53. The Morgan fingerprint density at radius 2 is 1.60 bits per heavy atom. The van der Waals surface area contributed by atoms with Crippen LogP contribution in [0.3, 0.4) is 0 Å². The standard InChI is InChI=1S/C28H32N2O5/c1-3-28(4-2,26(33)30-14-13-21-22(15-30)24(21)25(31)32)29-27(34)35-16-23-19-11-7-5-9-17(19)18-10-6-8-12-20(18)23/h5-12,21-24H,3-4,13-16H2,1-2H3,(H,29,34)(H,31,32)/t21-,22+,24?/m0/s1. The number of nitrogens with zero attached hydrogens (tertiary/aromatic N) is 1. The predicted molar refractivity (Wildman–Crippen MR) is 131 cm³/mol. The van der Waals surface area contributed by atoms with E-state index in [1.807, 2.05) is 38.1 Å². The number of carbonyl (C=O) groups is 3. The second-order valence-corrected chi connectivity index (χ2v) is 9.97. The molecule has 2 aromatic carbocycles. The summed E-state index contributed by atoms with van der Waals surface area (Å²) in [6, 6.07) is 16.3. The van der Waals surface area contributed by atoms with E-state index in [4.69, 9.17) is 4.74 Å². The number of carboxylic acid groups (broad SMARTS) is 1. The van der Waals surface area contributed by atoms with Gasteiger partial charge in [-0.05, 0) is 53.4 Å². The smallest absolute Gasteiger partial charge is 0.408 e. The van der Waals surface area contributed by atoms with Crippen molar-refractivity contribution in [1.82, 2.24) is 10.2 Å². The number of alkyl carbamates (subject to hydrolysis) is 1. The molecule has 0 radical (unpaired) electrons. The Kier molecular flexibility index (Phi) is 6.03. The third-order valence-corrected chi connectivity index (χ3v) is 8.37. The zero-order valence-corrected chi connectivity index (χ0v) is 20.2. The van der Waals surface area contributed by atoms with Gasteiger partial charge in [0, 0.05) is 19.0 Å². The third kappa shape index (κ3) is 3.97. The quantitative estimate of drug-likeness (QED) is 0.622. The highest BCUT2D eigenvalue weighted by Gasteiger charge is 2.58. The summed E-state index contributed by atoms with van der Waals surface area (Å²) in [4.78, 5) is 39.7. The molecule has 3 atom stereocenters. The first-order valence-electron chi connectivity index (χ1n) is 12.6. The average molecular weight is 477 g/mol. The number of piperidine rings is 1. The number of ether oxygens (including phenoxy) is 1. The van der Waals surface area contributed by atoms with Crippen LogP contribution in [-0.4, -0.2) is 53.2 Å². The van der Waals surface area contributed by atoms with Crippen LogP contribution in [0.5, 0.6) is 0 Å². The van der Waals surface area contributed by atoms with Gasteiger partial charge in [0.2, 0.25) is 5.91 Å². The molecular weight excluding hydrogens is 444 g/mol. The summed E-state index contributed by atoms with van der Waals surface area (Å²) in [7, 11) is 0. The van der Waals surface area contributed by atoms with Gasteiger partial charge in [0.05, 0.1) is 5.92 Å². The van der Waals surface area contributed by atoms with Crippen molar-refractivity contribution < 1.29 is 24.2 Å². The first-order valence-corrected chi connectivity index (χ1v) is 12.6. The largest absolute Gasteiger partial charge is 0.481 e. The van der Waals surface area contributed by atoms with Crippen LogP contribution in [-0.2, 0) is 14.3 Å². The molecule has 0 spiro atoms. The van der Waals surface area contributed by atoms with Crippen LogP contribution < -0.4 is 5.32 Å². The molecule has 5 rings (SSSR count). The first kappa shape index (κ1) is 23.4. The van der Waals surface area contributed by atoms with Crippen LogP contribution in [0.1, 0.15) is 50.2 Å². The molecule has 3 aliphatic rings. The van der Waals surface area contributed by atoms with Gasteiger partial charge in [-0.1, -0.05) is 62.4 Å². The molecule has 0 aromatic heterocycles. The monoisotopic (exact) mass is 476 g/mol. The maximum absolute atomic E-state index is 13.6. The summed E-state index contributed by atoms with van der Waals surface area (Å²) in [6.07, 6.45) is 0.953. The van der Waals surface area contributed by atoms with E-state index in [0.717, 1.165) is 22.3 Å². The van der Waals surface area contributed by atoms with Crippen molar-refractivity contribution in [3.8, 4) is 11.1 Å². The Hall–Kier alpha value is -3.35. The molecule has 7 nitrogen and oxygen atoms in total. The molecule has 7 heteroatoms. The second-order valence-electron chi connectivity index (χ2n) is 9.97. The molecule has 1 unspecified atom stereocenters. The lowest BCUT2D eigenvalue weighted by molar-refractivity contribution is -0.141. The number of fused-ring (bicyclic) bond motifs is 4. The number of benzene rings is 2. The van der Waals surface area contributed by atoms with E-state index < -0.39 is 17.6 Å². The molecule has 1 saturated heterocycles. The molecular formula is C28H32N2O5. The number of likely N-dealkylation sites (tertiary alicyclic amines) is 1. The Balaban J connectivity index is 1.26. The molecule has 2 amide bonds. The van der Waals surface area contributed by atoms with Crippen molar-refractivity contribution >= 4 is 18.0 Å². The Labute approximate surface area is 205 Å². The van der Waals surface area contributed by atoms with Crippen LogP contribution in [0.25, 0.3) is 11.1 Å². The van der Waals surface area contributed by atoms with Crippen LogP contribution in [0.15, 0.2) is 48.5 Å². The van der Waals surface area contributed by atoms with Crippen LogP contribution in [0, 0.1) is 17.8 Å². The highest BCUT2D eigenvalue weighted by molar-refractivity contribution is 5.90. The molecule has 35 heavy (non-hydrogen) atoms. The number of aliphatic carboxylic acids is 1. The van der Waals surface area contributed by atoms with Gasteiger partial charge in [-0.3, -0.25) is 9.59 Å².